The van der Waals surface area contributed by atoms with Crippen molar-refractivity contribution < 1.29 is 4.79 Å². The van der Waals surface area contributed by atoms with E-state index in [-0.39, 0.29) is 17.9 Å². The lowest BCUT2D eigenvalue weighted by Gasteiger charge is -2.32. The zero-order chi connectivity index (χ0) is 9.26. The number of amides is 1. The lowest BCUT2D eigenvalue weighted by molar-refractivity contribution is -0.128. The lowest BCUT2D eigenvalue weighted by Crippen LogP contribution is -2.47. The molecule has 0 atom stereocenters. The zero-order valence-corrected chi connectivity index (χ0v) is 7.96. The minimum atomic E-state index is 0.218. The first kappa shape index (κ1) is 9.00. The molecule has 0 heterocycles. The number of carbonyl (C=O) groups excluding carboxylic acids is 1. The molecule has 0 aromatic heterocycles. The van der Waals surface area contributed by atoms with Crippen molar-refractivity contribution in [3.8, 4) is 0 Å². The molecule has 0 bridgehead atoms. The molecule has 3 N–H and O–H groups in total. The van der Waals surface area contributed by atoms with Crippen LogP contribution in [0.4, 0.5) is 0 Å². The highest BCUT2D eigenvalue weighted by molar-refractivity contribution is 5.80. The Balaban J connectivity index is 1.72. The van der Waals surface area contributed by atoms with Crippen LogP contribution in [0.3, 0.4) is 0 Å². The van der Waals surface area contributed by atoms with E-state index >= 15 is 0 Å². The Morgan fingerprint density at radius 2 is 1.85 bits per heavy atom. The monoisotopic (exact) mass is 182 g/mol. The topological polar surface area (TPSA) is 55.1 Å². The van der Waals surface area contributed by atoms with E-state index in [4.69, 9.17) is 5.73 Å². The number of hydrogen-bond donors (Lipinski definition) is 2. The van der Waals surface area contributed by atoms with E-state index < -0.39 is 0 Å². The van der Waals surface area contributed by atoms with Crippen LogP contribution >= 0.6 is 0 Å². The summed E-state index contributed by atoms with van der Waals surface area (Å²) in [5.41, 5.74) is 5.63. The quantitative estimate of drug-likeness (QED) is 0.663. The number of hydrogen-bond acceptors (Lipinski definition) is 2. The summed E-state index contributed by atoms with van der Waals surface area (Å²) in [4.78, 5) is 11.6. The van der Waals surface area contributed by atoms with Crippen molar-refractivity contribution in [3.05, 3.63) is 0 Å². The summed E-state index contributed by atoms with van der Waals surface area (Å²) < 4.78 is 0. The van der Waals surface area contributed by atoms with Gasteiger partial charge in [0.05, 0.1) is 0 Å². The van der Waals surface area contributed by atoms with Gasteiger partial charge in [-0.05, 0) is 25.7 Å². The number of nitrogens with two attached hydrogens (primary N) is 1. The van der Waals surface area contributed by atoms with Crippen molar-refractivity contribution in [2.75, 3.05) is 0 Å². The van der Waals surface area contributed by atoms with Crippen molar-refractivity contribution >= 4 is 5.91 Å². The van der Waals surface area contributed by atoms with Gasteiger partial charge in [-0.15, -0.1) is 0 Å². The summed E-state index contributed by atoms with van der Waals surface area (Å²) in [7, 11) is 0. The molecule has 3 nitrogen and oxygen atoms in total. The molecule has 0 aliphatic heterocycles. The summed E-state index contributed by atoms with van der Waals surface area (Å²) in [5.74, 6) is 0.462. The molecule has 13 heavy (non-hydrogen) atoms. The molecule has 74 valence electrons. The van der Waals surface area contributed by atoms with Crippen LogP contribution in [0.15, 0.2) is 0 Å². The normalized spacial score (nSPS) is 34.2. The molecule has 2 aliphatic carbocycles. The first-order valence-corrected chi connectivity index (χ1v) is 5.31. The van der Waals surface area contributed by atoms with Gasteiger partial charge in [0, 0.05) is 18.0 Å². The molecule has 3 heteroatoms. The van der Waals surface area contributed by atoms with E-state index in [0.29, 0.717) is 6.04 Å². The smallest absolute Gasteiger partial charge is 0.223 e. The van der Waals surface area contributed by atoms with Gasteiger partial charge in [0.25, 0.3) is 0 Å². The summed E-state index contributed by atoms with van der Waals surface area (Å²) >= 11 is 0. The third-order valence-electron chi connectivity index (χ3n) is 3.25. The van der Waals surface area contributed by atoms with Gasteiger partial charge in [0.15, 0.2) is 0 Å². The Labute approximate surface area is 79.1 Å². The highest BCUT2D eigenvalue weighted by Gasteiger charge is 2.33. The van der Waals surface area contributed by atoms with Gasteiger partial charge in [0.1, 0.15) is 0 Å². The SMILES string of the molecule is NC1CC(C(=O)NC2CCCC2)C1. The van der Waals surface area contributed by atoms with Crippen molar-refractivity contribution in [1.82, 2.24) is 5.32 Å². The second-order valence-electron chi connectivity index (χ2n) is 4.42. The van der Waals surface area contributed by atoms with Crippen LogP contribution in [0.1, 0.15) is 38.5 Å². The van der Waals surface area contributed by atoms with Crippen LogP contribution < -0.4 is 11.1 Å². The van der Waals surface area contributed by atoms with Crippen molar-refractivity contribution in [3.63, 3.8) is 0 Å². The molecule has 0 radical (unpaired) electrons. The second-order valence-corrected chi connectivity index (χ2v) is 4.42. The fourth-order valence-electron chi connectivity index (χ4n) is 2.27. The van der Waals surface area contributed by atoms with Crippen LogP contribution in [0, 0.1) is 5.92 Å². The van der Waals surface area contributed by atoms with Gasteiger partial charge in [-0.2, -0.15) is 0 Å². The Kier molecular flexibility index (Phi) is 2.54. The Morgan fingerprint density at radius 1 is 1.23 bits per heavy atom. The van der Waals surface area contributed by atoms with E-state index in [0.717, 1.165) is 12.8 Å². The third-order valence-corrected chi connectivity index (χ3v) is 3.25. The van der Waals surface area contributed by atoms with Crippen LogP contribution in [0.2, 0.25) is 0 Å². The predicted octanol–water partition coefficient (Wildman–Crippen LogP) is 0.782. The minimum Gasteiger partial charge on any atom is -0.353 e. The minimum absolute atomic E-state index is 0.218. The molecule has 2 saturated carbocycles. The van der Waals surface area contributed by atoms with Gasteiger partial charge in [-0.3, -0.25) is 4.79 Å². The fourth-order valence-corrected chi connectivity index (χ4v) is 2.27. The summed E-state index contributed by atoms with van der Waals surface area (Å²) in [6.45, 7) is 0. The molecule has 2 fully saturated rings. The highest BCUT2D eigenvalue weighted by atomic mass is 16.2. The Morgan fingerprint density at radius 3 is 2.38 bits per heavy atom. The Hall–Kier alpha value is -0.570. The third kappa shape index (κ3) is 2.02. The average molecular weight is 182 g/mol. The summed E-state index contributed by atoms with van der Waals surface area (Å²) in [5, 5.41) is 3.11. The van der Waals surface area contributed by atoms with Crippen molar-refractivity contribution in [2.45, 2.75) is 50.6 Å². The number of rotatable bonds is 2. The van der Waals surface area contributed by atoms with Gasteiger partial charge < -0.3 is 11.1 Å². The Bertz CT molecular complexity index is 193. The van der Waals surface area contributed by atoms with E-state index in [9.17, 15) is 4.79 Å². The summed E-state index contributed by atoms with van der Waals surface area (Å²) in [6.07, 6.45) is 6.66. The van der Waals surface area contributed by atoms with Gasteiger partial charge >= 0.3 is 0 Å². The van der Waals surface area contributed by atoms with Gasteiger partial charge in [-0.1, -0.05) is 12.8 Å². The first-order valence-electron chi connectivity index (χ1n) is 5.31. The average Bonchev–Trinajstić information content (AvgIpc) is 2.51. The van der Waals surface area contributed by atoms with Crippen molar-refractivity contribution in [1.29, 1.82) is 0 Å². The molecule has 0 spiro atoms. The molecule has 2 aliphatic rings. The fraction of sp³-hybridized carbons (Fsp3) is 0.900. The molecule has 0 saturated heterocycles. The summed E-state index contributed by atoms with van der Waals surface area (Å²) in [6, 6.07) is 0.739. The van der Waals surface area contributed by atoms with Gasteiger partial charge in [0.2, 0.25) is 5.91 Å². The van der Waals surface area contributed by atoms with Crippen LogP contribution in [-0.4, -0.2) is 18.0 Å². The van der Waals surface area contributed by atoms with E-state index in [1.165, 1.54) is 25.7 Å². The molecule has 2 rings (SSSR count). The maximum Gasteiger partial charge on any atom is 0.223 e. The molecular formula is C10H18N2O. The van der Waals surface area contributed by atoms with Crippen LogP contribution in [0.5, 0.6) is 0 Å². The molecular weight excluding hydrogens is 164 g/mol. The van der Waals surface area contributed by atoms with E-state index in [1.807, 2.05) is 0 Å². The number of nitrogens with one attached hydrogen (secondary N) is 1. The standard InChI is InChI=1S/C10H18N2O/c11-8-5-7(6-8)10(13)12-9-3-1-2-4-9/h7-9H,1-6,11H2,(H,12,13). The maximum absolute atomic E-state index is 11.6. The predicted molar refractivity (Wildman–Crippen MR) is 51.1 cm³/mol. The molecule has 0 aromatic carbocycles. The van der Waals surface area contributed by atoms with Crippen molar-refractivity contribution in [2.24, 2.45) is 11.7 Å². The molecule has 0 aromatic rings. The lowest BCUT2D eigenvalue weighted by atomic mass is 9.80. The largest absolute Gasteiger partial charge is 0.353 e. The second kappa shape index (κ2) is 3.66. The maximum atomic E-state index is 11.6. The molecule has 0 unspecified atom stereocenters. The molecule has 1 amide bonds. The van der Waals surface area contributed by atoms with E-state index in [1.54, 1.807) is 0 Å². The number of carbonyl (C=O) groups is 1. The van der Waals surface area contributed by atoms with Crippen LogP contribution in [0.25, 0.3) is 0 Å². The van der Waals surface area contributed by atoms with Gasteiger partial charge in [-0.25, -0.2) is 0 Å². The zero-order valence-electron chi connectivity index (χ0n) is 7.96. The van der Waals surface area contributed by atoms with E-state index in [2.05, 4.69) is 5.32 Å². The first-order chi connectivity index (χ1) is 6.25. The highest BCUT2D eigenvalue weighted by Crippen LogP contribution is 2.26. The van der Waals surface area contributed by atoms with Crippen LogP contribution in [-0.2, 0) is 4.79 Å².